The molecule has 0 radical (unpaired) electrons. The van der Waals surface area contributed by atoms with Gasteiger partial charge in [0.1, 0.15) is 0 Å². The first kappa shape index (κ1) is 11.9. The summed E-state index contributed by atoms with van der Waals surface area (Å²) in [6, 6.07) is 0. The van der Waals surface area contributed by atoms with Crippen LogP contribution in [0.25, 0.3) is 0 Å². The molecular weight excluding hydrogens is 180 g/mol. The van der Waals surface area contributed by atoms with Crippen LogP contribution in [0.1, 0.15) is 19.8 Å². The van der Waals surface area contributed by atoms with Gasteiger partial charge in [-0.25, -0.2) is 0 Å². The van der Waals surface area contributed by atoms with Gasteiger partial charge >= 0.3 is 0 Å². The van der Waals surface area contributed by atoms with Gasteiger partial charge < -0.3 is 5.11 Å². The molecule has 0 amide bonds. The van der Waals surface area contributed by atoms with E-state index in [0.717, 1.165) is 19.1 Å². The summed E-state index contributed by atoms with van der Waals surface area (Å²) in [5, 5.41) is 8.78. The lowest BCUT2D eigenvalue weighted by molar-refractivity contribution is 0.159. The van der Waals surface area contributed by atoms with Gasteiger partial charge in [0.15, 0.2) is 0 Å². The van der Waals surface area contributed by atoms with Gasteiger partial charge in [-0.1, -0.05) is 13.3 Å². The molecule has 1 atom stereocenters. The van der Waals surface area contributed by atoms with Crippen molar-refractivity contribution < 1.29 is 17.7 Å². The minimum atomic E-state index is -3.36. The van der Waals surface area contributed by atoms with Gasteiger partial charge in [-0.3, -0.25) is 4.18 Å². The summed E-state index contributed by atoms with van der Waals surface area (Å²) in [6.07, 6.45) is 2.71. The first-order valence-corrected chi connectivity index (χ1v) is 5.76. The monoisotopic (exact) mass is 196 g/mol. The maximum absolute atomic E-state index is 10.6. The fourth-order valence-electron chi connectivity index (χ4n) is 0.855. The van der Waals surface area contributed by atoms with Crippen molar-refractivity contribution in [2.75, 3.05) is 19.5 Å². The molecule has 0 aliphatic rings. The van der Waals surface area contributed by atoms with Crippen LogP contribution >= 0.6 is 0 Å². The molecule has 74 valence electrons. The minimum absolute atomic E-state index is 0.0244. The van der Waals surface area contributed by atoms with E-state index in [1.807, 2.05) is 6.92 Å². The maximum Gasteiger partial charge on any atom is 0.264 e. The Morgan fingerprint density at radius 2 is 2.08 bits per heavy atom. The van der Waals surface area contributed by atoms with Gasteiger partial charge in [-0.15, -0.1) is 0 Å². The summed E-state index contributed by atoms with van der Waals surface area (Å²) < 4.78 is 25.7. The van der Waals surface area contributed by atoms with Crippen LogP contribution in [-0.2, 0) is 14.3 Å². The van der Waals surface area contributed by atoms with E-state index in [4.69, 9.17) is 5.11 Å². The van der Waals surface area contributed by atoms with Crippen LogP contribution in [0, 0.1) is 5.92 Å². The Labute approximate surface area is 73.7 Å². The van der Waals surface area contributed by atoms with E-state index in [9.17, 15) is 8.42 Å². The molecule has 1 N–H and O–H groups in total. The highest BCUT2D eigenvalue weighted by Gasteiger charge is 2.10. The molecule has 0 spiro atoms. The summed E-state index contributed by atoms with van der Waals surface area (Å²) in [7, 11) is -3.36. The number of rotatable bonds is 6. The maximum atomic E-state index is 10.6. The molecule has 0 bridgehead atoms. The predicted molar refractivity (Wildman–Crippen MR) is 46.3 cm³/mol. The Morgan fingerprint density at radius 3 is 2.42 bits per heavy atom. The summed E-state index contributed by atoms with van der Waals surface area (Å²) in [5.74, 6) is -0.0651. The van der Waals surface area contributed by atoms with Crippen LogP contribution in [0.2, 0.25) is 0 Å². The van der Waals surface area contributed by atoms with Crippen molar-refractivity contribution in [2.24, 2.45) is 5.92 Å². The van der Waals surface area contributed by atoms with E-state index >= 15 is 0 Å². The zero-order valence-corrected chi connectivity index (χ0v) is 8.30. The second-order valence-corrected chi connectivity index (χ2v) is 4.47. The molecule has 0 aliphatic heterocycles. The summed E-state index contributed by atoms with van der Waals surface area (Å²) in [5.41, 5.74) is 0. The van der Waals surface area contributed by atoms with Crippen LogP contribution in [0.5, 0.6) is 0 Å². The molecule has 0 aromatic heterocycles. The first-order chi connectivity index (χ1) is 5.49. The van der Waals surface area contributed by atoms with E-state index in [1.54, 1.807) is 0 Å². The Hall–Kier alpha value is -0.130. The highest BCUT2D eigenvalue weighted by molar-refractivity contribution is 7.85. The zero-order chi connectivity index (χ0) is 9.61. The van der Waals surface area contributed by atoms with Crippen molar-refractivity contribution in [1.82, 2.24) is 0 Å². The quantitative estimate of drug-likeness (QED) is 0.623. The van der Waals surface area contributed by atoms with Crippen molar-refractivity contribution in [2.45, 2.75) is 19.8 Å². The second kappa shape index (κ2) is 5.50. The van der Waals surface area contributed by atoms with Gasteiger partial charge in [0.25, 0.3) is 10.1 Å². The molecule has 12 heavy (non-hydrogen) atoms. The van der Waals surface area contributed by atoms with Gasteiger partial charge in [0, 0.05) is 12.5 Å². The van der Waals surface area contributed by atoms with E-state index in [-0.39, 0.29) is 19.1 Å². The van der Waals surface area contributed by atoms with Crippen LogP contribution in [0.15, 0.2) is 0 Å². The number of aliphatic hydroxyl groups is 1. The van der Waals surface area contributed by atoms with Gasteiger partial charge in [-0.05, 0) is 6.42 Å². The summed E-state index contributed by atoms with van der Waals surface area (Å²) >= 11 is 0. The fourth-order valence-corrected chi connectivity index (χ4v) is 1.30. The molecular formula is C7H16O4S. The number of hydrogen-bond acceptors (Lipinski definition) is 4. The highest BCUT2D eigenvalue weighted by Crippen LogP contribution is 2.06. The number of aliphatic hydroxyl groups excluding tert-OH is 1. The lowest BCUT2D eigenvalue weighted by Crippen LogP contribution is -2.16. The van der Waals surface area contributed by atoms with Crippen molar-refractivity contribution in [3.8, 4) is 0 Å². The van der Waals surface area contributed by atoms with Crippen molar-refractivity contribution in [3.63, 3.8) is 0 Å². The molecule has 0 aromatic rings. The first-order valence-electron chi connectivity index (χ1n) is 3.95. The van der Waals surface area contributed by atoms with Gasteiger partial charge in [-0.2, -0.15) is 8.42 Å². The lowest BCUT2D eigenvalue weighted by Gasteiger charge is -2.11. The number of hydrogen-bond donors (Lipinski definition) is 1. The van der Waals surface area contributed by atoms with E-state index in [0.29, 0.717) is 0 Å². The zero-order valence-electron chi connectivity index (χ0n) is 7.49. The third kappa shape index (κ3) is 6.57. The lowest BCUT2D eigenvalue weighted by atomic mass is 10.1. The molecule has 0 saturated heterocycles. The Kier molecular flexibility index (Phi) is 5.44. The van der Waals surface area contributed by atoms with Crippen LogP contribution in [0.4, 0.5) is 0 Å². The smallest absolute Gasteiger partial charge is 0.264 e. The van der Waals surface area contributed by atoms with E-state index < -0.39 is 10.1 Å². The van der Waals surface area contributed by atoms with Crippen LogP contribution in [0.3, 0.4) is 0 Å². The van der Waals surface area contributed by atoms with Crippen molar-refractivity contribution >= 4 is 10.1 Å². The SMILES string of the molecule is CCCC(CO)COS(C)(=O)=O. The van der Waals surface area contributed by atoms with Crippen LogP contribution < -0.4 is 0 Å². The normalized spacial score (nSPS) is 14.6. The molecule has 0 fully saturated rings. The Morgan fingerprint density at radius 1 is 1.50 bits per heavy atom. The topological polar surface area (TPSA) is 63.6 Å². The Bertz CT molecular complexity index is 197. The minimum Gasteiger partial charge on any atom is -0.396 e. The largest absolute Gasteiger partial charge is 0.396 e. The fraction of sp³-hybridized carbons (Fsp3) is 1.00. The summed E-state index contributed by atoms with van der Waals surface area (Å²) in [4.78, 5) is 0. The molecule has 4 nitrogen and oxygen atoms in total. The highest BCUT2D eigenvalue weighted by atomic mass is 32.2. The van der Waals surface area contributed by atoms with E-state index in [1.165, 1.54) is 0 Å². The second-order valence-electron chi connectivity index (χ2n) is 2.83. The van der Waals surface area contributed by atoms with Crippen molar-refractivity contribution in [1.29, 1.82) is 0 Å². The Balaban J connectivity index is 3.73. The van der Waals surface area contributed by atoms with Gasteiger partial charge in [0.05, 0.1) is 12.9 Å². The molecule has 0 heterocycles. The average molecular weight is 196 g/mol. The molecule has 5 heteroatoms. The molecule has 0 aromatic carbocycles. The standard InChI is InChI=1S/C7H16O4S/c1-3-4-7(5-8)6-11-12(2,9)10/h7-8H,3-6H2,1-2H3. The van der Waals surface area contributed by atoms with Crippen molar-refractivity contribution in [3.05, 3.63) is 0 Å². The molecule has 0 saturated carbocycles. The average Bonchev–Trinajstić information content (AvgIpc) is 1.96. The van der Waals surface area contributed by atoms with Crippen LogP contribution in [-0.4, -0.2) is 33.0 Å². The molecule has 0 aliphatic carbocycles. The molecule has 0 rings (SSSR count). The third-order valence-corrected chi connectivity index (χ3v) is 2.04. The van der Waals surface area contributed by atoms with Gasteiger partial charge in [0.2, 0.25) is 0 Å². The molecule has 1 unspecified atom stereocenters. The predicted octanol–water partition coefficient (Wildman–Crippen LogP) is 0.371. The third-order valence-electron chi connectivity index (χ3n) is 1.47. The van der Waals surface area contributed by atoms with E-state index in [2.05, 4.69) is 4.18 Å². The summed E-state index contributed by atoms with van der Waals surface area (Å²) in [6.45, 7) is 2.04.